The number of carbonyl (C=O) groups excluding carboxylic acids is 1. The predicted molar refractivity (Wildman–Crippen MR) is 73.5 cm³/mol. The Balaban J connectivity index is 2.31. The molecule has 0 aliphatic carbocycles. The molecule has 0 N–H and O–H groups in total. The molecule has 2 rings (SSSR count). The van der Waals surface area contributed by atoms with Crippen molar-refractivity contribution in [2.24, 2.45) is 0 Å². The van der Waals surface area contributed by atoms with Crippen LogP contribution in [-0.4, -0.2) is 5.78 Å². The highest BCUT2D eigenvalue weighted by molar-refractivity contribution is 9.10. The van der Waals surface area contributed by atoms with Crippen LogP contribution in [0.15, 0.2) is 40.9 Å². The van der Waals surface area contributed by atoms with Gasteiger partial charge in [0.25, 0.3) is 0 Å². The summed E-state index contributed by atoms with van der Waals surface area (Å²) in [6.07, 6.45) is -0.207. The molecule has 0 saturated carbocycles. The largest absolute Gasteiger partial charge is 0.294 e. The molecule has 98 valence electrons. The van der Waals surface area contributed by atoms with Crippen molar-refractivity contribution in [3.8, 4) is 0 Å². The van der Waals surface area contributed by atoms with Crippen molar-refractivity contribution in [3.63, 3.8) is 0 Å². The molecule has 0 aromatic heterocycles. The lowest BCUT2D eigenvalue weighted by molar-refractivity contribution is 0.0988. The molecule has 1 nitrogen and oxygen atoms in total. The molecular formula is C14H8BrClF2O. The monoisotopic (exact) mass is 344 g/mol. The van der Waals surface area contributed by atoms with Crippen LogP contribution in [0.1, 0.15) is 15.9 Å². The maximum absolute atomic E-state index is 13.7. The van der Waals surface area contributed by atoms with E-state index < -0.39 is 17.4 Å². The van der Waals surface area contributed by atoms with E-state index in [4.69, 9.17) is 11.6 Å². The second-order valence-corrected chi connectivity index (χ2v) is 5.20. The summed E-state index contributed by atoms with van der Waals surface area (Å²) in [7, 11) is 0. The van der Waals surface area contributed by atoms with Crippen molar-refractivity contribution >= 4 is 33.3 Å². The van der Waals surface area contributed by atoms with Crippen LogP contribution in [0.5, 0.6) is 0 Å². The number of carbonyl (C=O) groups is 1. The molecule has 0 aliphatic rings. The lowest BCUT2D eigenvalue weighted by Crippen LogP contribution is -2.07. The van der Waals surface area contributed by atoms with E-state index >= 15 is 0 Å². The topological polar surface area (TPSA) is 17.1 Å². The third-order valence-corrected chi connectivity index (χ3v) is 3.82. The molecule has 0 radical (unpaired) electrons. The fourth-order valence-electron chi connectivity index (χ4n) is 1.65. The second kappa shape index (κ2) is 5.80. The maximum atomic E-state index is 13.7. The number of benzene rings is 2. The Labute approximate surface area is 122 Å². The van der Waals surface area contributed by atoms with Crippen LogP contribution >= 0.6 is 27.5 Å². The molecule has 19 heavy (non-hydrogen) atoms. The fourth-order valence-corrected chi connectivity index (χ4v) is 2.13. The van der Waals surface area contributed by atoms with Gasteiger partial charge in [0.15, 0.2) is 5.78 Å². The minimum Gasteiger partial charge on any atom is -0.294 e. The van der Waals surface area contributed by atoms with E-state index in [-0.39, 0.29) is 22.6 Å². The van der Waals surface area contributed by atoms with Gasteiger partial charge in [-0.05, 0) is 39.7 Å². The molecule has 0 saturated heterocycles. The van der Waals surface area contributed by atoms with E-state index in [2.05, 4.69) is 15.9 Å². The Morgan fingerprint density at radius 2 is 1.84 bits per heavy atom. The predicted octanol–water partition coefficient (Wildman–Crippen LogP) is 4.81. The summed E-state index contributed by atoms with van der Waals surface area (Å²) in [6.45, 7) is 0. The standard InChI is InChI=1S/C14H8BrClF2O/c15-10-7-13(18)9(6-11(10)16)14(19)5-8-3-1-2-4-12(8)17/h1-4,6-7H,5H2. The highest BCUT2D eigenvalue weighted by Crippen LogP contribution is 2.26. The summed E-state index contributed by atoms with van der Waals surface area (Å²) in [5, 5.41) is 0.235. The third kappa shape index (κ3) is 3.19. The van der Waals surface area contributed by atoms with Gasteiger partial charge in [0.05, 0.1) is 10.6 Å². The van der Waals surface area contributed by atoms with E-state index in [1.165, 1.54) is 24.3 Å². The van der Waals surface area contributed by atoms with Crippen molar-refractivity contribution in [2.75, 3.05) is 0 Å². The number of halogens is 4. The van der Waals surface area contributed by atoms with Crippen LogP contribution in [0.4, 0.5) is 8.78 Å². The van der Waals surface area contributed by atoms with Crippen LogP contribution < -0.4 is 0 Å². The molecule has 2 aromatic carbocycles. The van der Waals surface area contributed by atoms with Crippen LogP contribution in [0.25, 0.3) is 0 Å². The Bertz CT molecular complexity index is 643. The van der Waals surface area contributed by atoms with Gasteiger partial charge in [-0.3, -0.25) is 4.79 Å². The van der Waals surface area contributed by atoms with E-state index in [1.54, 1.807) is 6.07 Å². The quantitative estimate of drug-likeness (QED) is 0.576. The first-order valence-electron chi connectivity index (χ1n) is 5.40. The molecule has 0 fully saturated rings. The first-order chi connectivity index (χ1) is 8.99. The molecule has 0 atom stereocenters. The summed E-state index contributed by atoms with van der Waals surface area (Å²) < 4.78 is 27.5. The van der Waals surface area contributed by atoms with Crippen LogP contribution in [0.2, 0.25) is 5.02 Å². The number of rotatable bonds is 3. The maximum Gasteiger partial charge on any atom is 0.170 e. The van der Waals surface area contributed by atoms with Gasteiger partial charge in [0.2, 0.25) is 0 Å². The second-order valence-electron chi connectivity index (χ2n) is 3.94. The molecule has 0 bridgehead atoms. The van der Waals surface area contributed by atoms with E-state index in [0.29, 0.717) is 4.47 Å². The SMILES string of the molecule is O=C(Cc1ccccc1F)c1cc(Cl)c(Br)cc1F. The van der Waals surface area contributed by atoms with Gasteiger partial charge in [0.1, 0.15) is 11.6 Å². The zero-order valence-electron chi connectivity index (χ0n) is 9.59. The van der Waals surface area contributed by atoms with Crippen molar-refractivity contribution in [2.45, 2.75) is 6.42 Å². The minimum absolute atomic E-state index is 0.142. The summed E-state index contributed by atoms with van der Waals surface area (Å²) in [5.41, 5.74) is 0.0856. The molecule has 0 heterocycles. The molecule has 5 heteroatoms. The van der Waals surface area contributed by atoms with Gasteiger partial charge in [0, 0.05) is 10.9 Å². The Kier molecular flexibility index (Phi) is 4.32. The van der Waals surface area contributed by atoms with Crippen LogP contribution in [-0.2, 0) is 6.42 Å². The highest BCUT2D eigenvalue weighted by atomic mass is 79.9. The van der Waals surface area contributed by atoms with Crippen molar-refractivity contribution < 1.29 is 13.6 Å². The normalized spacial score (nSPS) is 10.5. The number of Topliss-reactive ketones (excluding diaryl/α,β-unsaturated/α-hetero) is 1. The molecule has 0 unspecified atom stereocenters. The Hall–Kier alpha value is -1.26. The lowest BCUT2D eigenvalue weighted by atomic mass is 10.0. The van der Waals surface area contributed by atoms with Gasteiger partial charge in [-0.2, -0.15) is 0 Å². The summed E-state index contributed by atoms with van der Waals surface area (Å²) in [4.78, 5) is 12.0. The van der Waals surface area contributed by atoms with Gasteiger partial charge in [-0.15, -0.1) is 0 Å². The minimum atomic E-state index is -0.683. The van der Waals surface area contributed by atoms with E-state index in [0.717, 1.165) is 6.07 Å². The zero-order valence-corrected chi connectivity index (χ0v) is 11.9. The van der Waals surface area contributed by atoms with E-state index in [1.807, 2.05) is 0 Å². The van der Waals surface area contributed by atoms with Gasteiger partial charge < -0.3 is 0 Å². The van der Waals surface area contributed by atoms with Crippen LogP contribution in [0.3, 0.4) is 0 Å². The van der Waals surface area contributed by atoms with Gasteiger partial charge in [-0.25, -0.2) is 8.78 Å². The van der Waals surface area contributed by atoms with Crippen molar-refractivity contribution in [1.29, 1.82) is 0 Å². The van der Waals surface area contributed by atoms with E-state index in [9.17, 15) is 13.6 Å². The average molecular weight is 346 g/mol. The summed E-state index contributed by atoms with van der Waals surface area (Å²) >= 11 is 8.89. The summed E-state index contributed by atoms with van der Waals surface area (Å²) in [6, 6.07) is 8.26. The zero-order chi connectivity index (χ0) is 14.0. The smallest absolute Gasteiger partial charge is 0.170 e. The van der Waals surface area contributed by atoms with Crippen LogP contribution in [0, 0.1) is 11.6 Å². The number of hydrogen-bond donors (Lipinski definition) is 0. The molecule has 0 amide bonds. The first kappa shape index (κ1) is 14.2. The Morgan fingerprint density at radius 1 is 1.16 bits per heavy atom. The molecule has 0 spiro atoms. The van der Waals surface area contributed by atoms with Crippen molar-refractivity contribution in [1.82, 2.24) is 0 Å². The molecule has 2 aromatic rings. The Morgan fingerprint density at radius 3 is 2.53 bits per heavy atom. The first-order valence-corrected chi connectivity index (χ1v) is 6.57. The third-order valence-electron chi connectivity index (χ3n) is 2.62. The summed E-state index contributed by atoms with van der Waals surface area (Å²) in [5.74, 6) is -1.69. The average Bonchev–Trinajstić information content (AvgIpc) is 2.36. The highest BCUT2D eigenvalue weighted by Gasteiger charge is 2.16. The molecule has 0 aliphatic heterocycles. The lowest BCUT2D eigenvalue weighted by Gasteiger charge is -2.06. The van der Waals surface area contributed by atoms with Gasteiger partial charge >= 0.3 is 0 Å². The molecular weight excluding hydrogens is 338 g/mol. The number of ketones is 1. The number of hydrogen-bond acceptors (Lipinski definition) is 1. The fraction of sp³-hybridized carbons (Fsp3) is 0.0714. The van der Waals surface area contributed by atoms with Gasteiger partial charge in [-0.1, -0.05) is 29.8 Å². The van der Waals surface area contributed by atoms with Crippen molar-refractivity contribution in [3.05, 3.63) is 68.7 Å².